The Kier molecular flexibility index (Phi) is 4.49. The highest BCUT2D eigenvalue weighted by molar-refractivity contribution is 9.10. The summed E-state index contributed by atoms with van der Waals surface area (Å²) in [5, 5.41) is 6.73. The van der Waals surface area contributed by atoms with Crippen LogP contribution in [0.15, 0.2) is 53.0 Å². The summed E-state index contributed by atoms with van der Waals surface area (Å²) in [5.74, 6) is -1.16. The van der Waals surface area contributed by atoms with E-state index in [4.69, 9.17) is 0 Å². The maximum atomic E-state index is 14.1. The summed E-state index contributed by atoms with van der Waals surface area (Å²) in [4.78, 5) is 12.5. The molecule has 3 rings (SSSR count). The highest BCUT2D eigenvalue weighted by Crippen LogP contribution is 2.29. The van der Waals surface area contributed by atoms with Crippen molar-refractivity contribution >= 4 is 27.5 Å². The molecule has 0 radical (unpaired) electrons. The topological polar surface area (TPSA) is 46.9 Å². The Bertz CT molecular complexity index is 903. The van der Waals surface area contributed by atoms with Crippen LogP contribution >= 0.6 is 15.9 Å². The van der Waals surface area contributed by atoms with E-state index >= 15 is 0 Å². The number of anilines is 1. The lowest BCUT2D eigenvalue weighted by Crippen LogP contribution is -2.15. The molecule has 1 amide bonds. The number of nitrogens with zero attached hydrogens (tertiary/aromatic N) is 2. The van der Waals surface area contributed by atoms with Crippen LogP contribution in [0.2, 0.25) is 0 Å². The highest BCUT2D eigenvalue weighted by atomic mass is 79.9. The molecule has 2 aromatic carbocycles. The van der Waals surface area contributed by atoms with Crippen molar-refractivity contribution in [2.75, 3.05) is 5.32 Å². The first-order chi connectivity index (χ1) is 11.5. The number of para-hydroxylation sites is 1. The first kappa shape index (κ1) is 16.4. The quantitative estimate of drug-likeness (QED) is 0.716. The molecule has 0 aliphatic rings. The molecule has 0 atom stereocenters. The van der Waals surface area contributed by atoms with E-state index in [0.29, 0.717) is 11.4 Å². The fourth-order valence-corrected chi connectivity index (χ4v) is 2.81. The second-order valence-corrected chi connectivity index (χ2v) is 6.30. The minimum absolute atomic E-state index is 0.0388. The van der Waals surface area contributed by atoms with E-state index in [1.54, 1.807) is 13.0 Å². The zero-order valence-electron chi connectivity index (χ0n) is 13.2. The van der Waals surface area contributed by atoms with Gasteiger partial charge in [-0.1, -0.05) is 46.3 Å². The number of nitrogens with one attached hydrogen (secondary N) is 1. The number of aryl methyl sites for hydroxylation is 2. The predicted molar refractivity (Wildman–Crippen MR) is 95.4 cm³/mol. The molecule has 1 aromatic heterocycles. The third-order valence-corrected chi connectivity index (χ3v) is 4.24. The second-order valence-electron chi connectivity index (χ2n) is 5.38. The number of carbonyl (C=O) groups is 1. The van der Waals surface area contributed by atoms with Crippen LogP contribution in [-0.4, -0.2) is 15.7 Å². The molecule has 0 unspecified atom stereocenters. The van der Waals surface area contributed by atoms with Crippen molar-refractivity contribution in [2.24, 2.45) is 7.05 Å². The Labute approximate surface area is 147 Å². The van der Waals surface area contributed by atoms with E-state index in [-0.39, 0.29) is 5.56 Å². The van der Waals surface area contributed by atoms with Gasteiger partial charge in [0.2, 0.25) is 5.95 Å². The molecule has 0 saturated carbocycles. The van der Waals surface area contributed by atoms with Gasteiger partial charge in [0, 0.05) is 22.8 Å². The fraction of sp³-hybridized carbons (Fsp3) is 0.111. The standard InChI is InChI=1S/C18H15BrFN3O/c1-11-16(17(20)23(2)22-11)18(24)21-15-6-4-3-5-14(15)12-7-9-13(19)10-8-12/h3-10H,1-2H3,(H,21,24). The van der Waals surface area contributed by atoms with Gasteiger partial charge in [-0.2, -0.15) is 9.49 Å². The zero-order chi connectivity index (χ0) is 17.3. The molecule has 0 saturated heterocycles. The van der Waals surface area contributed by atoms with Gasteiger partial charge in [-0.25, -0.2) is 4.68 Å². The molecular weight excluding hydrogens is 373 g/mol. The number of amides is 1. The summed E-state index contributed by atoms with van der Waals surface area (Å²) in [6.07, 6.45) is 0. The van der Waals surface area contributed by atoms with E-state index in [9.17, 15) is 9.18 Å². The maximum absolute atomic E-state index is 14.1. The molecule has 1 N–H and O–H groups in total. The lowest BCUT2D eigenvalue weighted by Gasteiger charge is -2.11. The lowest BCUT2D eigenvalue weighted by molar-refractivity contribution is 0.102. The van der Waals surface area contributed by atoms with E-state index in [2.05, 4.69) is 26.3 Å². The van der Waals surface area contributed by atoms with Gasteiger partial charge < -0.3 is 5.32 Å². The minimum Gasteiger partial charge on any atom is -0.321 e. The van der Waals surface area contributed by atoms with Crippen LogP contribution in [-0.2, 0) is 7.05 Å². The number of benzene rings is 2. The van der Waals surface area contributed by atoms with Gasteiger partial charge in [0.1, 0.15) is 5.56 Å². The average Bonchev–Trinajstić information content (AvgIpc) is 2.81. The Morgan fingerprint density at radius 1 is 1.17 bits per heavy atom. The van der Waals surface area contributed by atoms with Gasteiger partial charge in [0.25, 0.3) is 5.91 Å². The lowest BCUT2D eigenvalue weighted by atomic mass is 10.0. The first-order valence-electron chi connectivity index (χ1n) is 7.33. The van der Waals surface area contributed by atoms with Crippen molar-refractivity contribution in [1.82, 2.24) is 9.78 Å². The fourth-order valence-electron chi connectivity index (χ4n) is 2.55. The van der Waals surface area contributed by atoms with Gasteiger partial charge in [0.05, 0.1) is 5.69 Å². The Balaban J connectivity index is 1.96. The largest absolute Gasteiger partial charge is 0.321 e. The molecule has 0 aliphatic heterocycles. The maximum Gasteiger partial charge on any atom is 0.262 e. The summed E-state index contributed by atoms with van der Waals surface area (Å²) in [7, 11) is 1.47. The number of halogens is 2. The molecule has 3 aromatic rings. The molecule has 24 heavy (non-hydrogen) atoms. The molecular formula is C18H15BrFN3O. The molecule has 4 nitrogen and oxygen atoms in total. The Morgan fingerprint density at radius 3 is 2.46 bits per heavy atom. The van der Waals surface area contributed by atoms with Crippen LogP contribution in [0.4, 0.5) is 10.1 Å². The SMILES string of the molecule is Cc1nn(C)c(F)c1C(=O)Nc1ccccc1-c1ccc(Br)cc1. The molecule has 122 valence electrons. The first-order valence-corrected chi connectivity index (χ1v) is 8.12. The van der Waals surface area contributed by atoms with E-state index in [1.165, 1.54) is 7.05 Å². The smallest absolute Gasteiger partial charge is 0.262 e. The molecule has 0 fully saturated rings. The highest BCUT2D eigenvalue weighted by Gasteiger charge is 2.21. The van der Waals surface area contributed by atoms with Gasteiger partial charge in [-0.3, -0.25) is 4.79 Å². The second kappa shape index (κ2) is 6.57. The van der Waals surface area contributed by atoms with Crippen LogP contribution in [0, 0.1) is 12.9 Å². The van der Waals surface area contributed by atoms with Gasteiger partial charge in [0.15, 0.2) is 0 Å². The number of hydrogen-bond donors (Lipinski definition) is 1. The Morgan fingerprint density at radius 2 is 1.83 bits per heavy atom. The molecule has 0 aliphatic carbocycles. The number of aromatic nitrogens is 2. The number of rotatable bonds is 3. The Hall–Kier alpha value is -2.47. The molecule has 0 bridgehead atoms. The summed E-state index contributed by atoms with van der Waals surface area (Å²) in [6, 6.07) is 15.2. The third kappa shape index (κ3) is 3.10. The van der Waals surface area contributed by atoms with Crippen molar-refractivity contribution < 1.29 is 9.18 Å². The van der Waals surface area contributed by atoms with Gasteiger partial charge in [-0.15, -0.1) is 0 Å². The monoisotopic (exact) mass is 387 g/mol. The van der Waals surface area contributed by atoms with E-state index in [1.807, 2.05) is 42.5 Å². The van der Waals surface area contributed by atoms with Crippen LogP contribution in [0.25, 0.3) is 11.1 Å². The van der Waals surface area contributed by atoms with Crippen LogP contribution < -0.4 is 5.32 Å². The molecule has 0 spiro atoms. The zero-order valence-corrected chi connectivity index (χ0v) is 14.8. The predicted octanol–water partition coefficient (Wildman–Crippen LogP) is 4.55. The van der Waals surface area contributed by atoms with Crippen molar-refractivity contribution in [1.29, 1.82) is 0 Å². The van der Waals surface area contributed by atoms with Gasteiger partial charge >= 0.3 is 0 Å². The molecule has 1 heterocycles. The van der Waals surface area contributed by atoms with E-state index < -0.39 is 11.9 Å². The van der Waals surface area contributed by atoms with Crippen LogP contribution in [0.3, 0.4) is 0 Å². The number of hydrogen-bond acceptors (Lipinski definition) is 2. The number of carbonyl (C=O) groups excluding carboxylic acids is 1. The van der Waals surface area contributed by atoms with Crippen LogP contribution in [0.5, 0.6) is 0 Å². The average molecular weight is 388 g/mol. The van der Waals surface area contributed by atoms with Crippen molar-refractivity contribution in [3.63, 3.8) is 0 Å². The summed E-state index contributed by atoms with van der Waals surface area (Å²) in [5.41, 5.74) is 2.75. The minimum atomic E-state index is -0.647. The van der Waals surface area contributed by atoms with Crippen molar-refractivity contribution in [2.45, 2.75) is 6.92 Å². The van der Waals surface area contributed by atoms with Crippen molar-refractivity contribution in [3.05, 3.63) is 70.2 Å². The van der Waals surface area contributed by atoms with Crippen molar-refractivity contribution in [3.8, 4) is 11.1 Å². The summed E-state index contributed by atoms with van der Waals surface area (Å²) < 4.78 is 16.1. The third-order valence-electron chi connectivity index (χ3n) is 3.71. The van der Waals surface area contributed by atoms with Crippen LogP contribution in [0.1, 0.15) is 16.1 Å². The summed E-state index contributed by atoms with van der Waals surface area (Å²) in [6.45, 7) is 1.61. The normalized spacial score (nSPS) is 10.7. The van der Waals surface area contributed by atoms with Gasteiger partial charge in [-0.05, 0) is 30.7 Å². The summed E-state index contributed by atoms with van der Waals surface area (Å²) >= 11 is 3.40. The van der Waals surface area contributed by atoms with E-state index in [0.717, 1.165) is 20.3 Å². The molecule has 6 heteroatoms.